The molecule has 13 heteroatoms. The summed E-state index contributed by atoms with van der Waals surface area (Å²) in [6.07, 6.45) is 0. The summed E-state index contributed by atoms with van der Waals surface area (Å²) in [5, 5.41) is 2.11. The molecule has 1 saturated heterocycles. The highest BCUT2D eigenvalue weighted by Crippen LogP contribution is 2.53. The number of nitrogens with one attached hydrogen (secondary N) is 1. The molecular weight excluding hydrogens is 532 g/mol. The number of primary amides is 1. The number of imide groups is 3. The molecule has 11 nitrogen and oxygen atoms in total. The van der Waals surface area contributed by atoms with Gasteiger partial charge in [0.25, 0.3) is 5.91 Å². The first kappa shape index (κ1) is 25.5. The number of hydrogen-bond acceptors (Lipinski definition) is 9. The third kappa shape index (κ3) is 4.23. The Labute approximate surface area is 224 Å². The minimum atomic E-state index is -1.16. The molecule has 3 atom stereocenters. The quantitative estimate of drug-likeness (QED) is 0.441. The van der Waals surface area contributed by atoms with Gasteiger partial charge in [-0.2, -0.15) is 4.90 Å². The van der Waals surface area contributed by atoms with Crippen LogP contribution in [0.3, 0.4) is 0 Å². The Kier molecular flexibility index (Phi) is 6.71. The van der Waals surface area contributed by atoms with Crippen molar-refractivity contribution in [2.75, 3.05) is 19.5 Å². The molecule has 3 aromatic rings. The fourth-order valence-electron chi connectivity index (χ4n) is 4.74. The molecule has 0 radical (unpaired) electrons. The van der Waals surface area contributed by atoms with Gasteiger partial charge in [0.05, 0.1) is 25.2 Å². The number of nitrogens with zero attached hydrogens (tertiary/aromatic N) is 2. The van der Waals surface area contributed by atoms with Crippen molar-refractivity contribution in [2.45, 2.75) is 22.7 Å². The fourth-order valence-corrected chi connectivity index (χ4v) is 7.52. The molecule has 0 aliphatic carbocycles. The lowest BCUT2D eigenvalue weighted by Crippen LogP contribution is -2.41. The number of thioether (sulfide) groups is 1. The van der Waals surface area contributed by atoms with Crippen LogP contribution < -0.4 is 25.4 Å². The zero-order valence-electron chi connectivity index (χ0n) is 20.2. The largest absolute Gasteiger partial charge is 0.493 e. The number of thiazole rings is 1. The Bertz CT molecular complexity index is 1520. The smallest absolute Gasteiger partial charge is 0.328 e. The summed E-state index contributed by atoms with van der Waals surface area (Å²) in [7, 11) is 2.95. The molecule has 1 aromatic heterocycles. The highest BCUT2D eigenvalue weighted by molar-refractivity contribution is 8.00. The summed E-state index contributed by atoms with van der Waals surface area (Å²) >= 11 is 1.88. The maximum atomic E-state index is 13.3. The van der Waals surface area contributed by atoms with Crippen LogP contribution in [0.2, 0.25) is 0 Å². The maximum absolute atomic E-state index is 13.3. The minimum absolute atomic E-state index is 0.301. The molecule has 3 unspecified atom stereocenters. The number of anilines is 1. The van der Waals surface area contributed by atoms with Gasteiger partial charge in [-0.15, -0.1) is 0 Å². The molecule has 0 bridgehead atoms. The van der Waals surface area contributed by atoms with Crippen LogP contribution >= 0.6 is 23.1 Å². The first-order valence-corrected chi connectivity index (χ1v) is 13.1. The topological polar surface area (TPSA) is 150 Å². The van der Waals surface area contributed by atoms with Gasteiger partial charge in [-0.25, -0.2) is 4.79 Å². The van der Waals surface area contributed by atoms with Crippen LogP contribution in [0.4, 0.5) is 10.5 Å². The molecule has 0 saturated carbocycles. The third-order valence-corrected chi connectivity index (χ3v) is 9.00. The minimum Gasteiger partial charge on any atom is -0.493 e. The van der Waals surface area contributed by atoms with E-state index in [1.807, 2.05) is 6.07 Å². The SMILES string of the molecule is COc1ccc(C2c3sc(=O)n(CC(=O)Nc4ccccc4)c3SC3C(=O)N(C(N)=O)C(=O)C32)cc1OC. The van der Waals surface area contributed by atoms with Crippen molar-refractivity contribution in [1.29, 1.82) is 0 Å². The number of carbonyl (C=O) groups excluding carboxylic acids is 4. The van der Waals surface area contributed by atoms with E-state index in [2.05, 4.69) is 5.32 Å². The number of urea groups is 1. The van der Waals surface area contributed by atoms with E-state index in [9.17, 15) is 24.0 Å². The van der Waals surface area contributed by atoms with Crippen LogP contribution in [-0.2, 0) is 20.9 Å². The average Bonchev–Trinajstić information content (AvgIpc) is 3.34. The second kappa shape index (κ2) is 9.99. The Morgan fingerprint density at radius 3 is 2.37 bits per heavy atom. The zero-order valence-corrected chi connectivity index (χ0v) is 21.8. The number of amides is 5. The molecule has 1 fully saturated rings. The summed E-state index contributed by atoms with van der Waals surface area (Å²) in [6.45, 7) is -0.301. The number of fused-ring (bicyclic) bond motifs is 2. The predicted molar refractivity (Wildman–Crippen MR) is 140 cm³/mol. The number of rotatable bonds is 6. The van der Waals surface area contributed by atoms with Crippen LogP contribution in [0.25, 0.3) is 0 Å². The Balaban J connectivity index is 1.61. The second-order valence-corrected chi connectivity index (χ2v) is 10.7. The van der Waals surface area contributed by atoms with Crippen molar-refractivity contribution in [3.05, 3.63) is 68.6 Å². The molecule has 0 spiro atoms. The van der Waals surface area contributed by atoms with E-state index in [-0.39, 0.29) is 6.54 Å². The number of carbonyl (C=O) groups is 4. The molecule has 3 N–H and O–H groups in total. The molecule has 2 aliphatic rings. The molecule has 3 heterocycles. The van der Waals surface area contributed by atoms with Crippen LogP contribution in [0, 0.1) is 5.92 Å². The highest BCUT2D eigenvalue weighted by Gasteiger charge is 2.58. The third-order valence-electron chi connectivity index (χ3n) is 6.40. The van der Waals surface area contributed by atoms with Crippen LogP contribution in [0.15, 0.2) is 58.4 Å². The lowest BCUT2D eigenvalue weighted by atomic mass is 9.83. The summed E-state index contributed by atoms with van der Waals surface area (Å²) < 4.78 is 12.0. The molecule has 38 heavy (non-hydrogen) atoms. The summed E-state index contributed by atoms with van der Waals surface area (Å²) in [6, 6.07) is 12.7. The molecule has 2 aliphatic heterocycles. The van der Waals surface area contributed by atoms with Crippen molar-refractivity contribution >= 4 is 52.5 Å². The van der Waals surface area contributed by atoms with E-state index in [1.165, 1.54) is 18.8 Å². The van der Waals surface area contributed by atoms with Crippen molar-refractivity contribution in [2.24, 2.45) is 11.7 Å². The van der Waals surface area contributed by atoms with Crippen molar-refractivity contribution in [3.8, 4) is 11.5 Å². The van der Waals surface area contributed by atoms with E-state index in [1.54, 1.807) is 42.5 Å². The predicted octanol–water partition coefficient (Wildman–Crippen LogP) is 2.24. The van der Waals surface area contributed by atoms with Gasteiger partial charge in [-0.3, -0.25) is 23.7 Å². The molecule has 5 amide bonds. The van der Waals surface area contributed by atoms with E-state index in [0.29, 0.717) is 37.6 Å². The van der Waals surface area contributed by atoms with E-state index in [4.69, 9.17) is 15.2 Å². The van der Waals surface area contributed by atoms with Crippen LogP contribution in [0.5, 0.6) is 11.5 Å². The zero-order chi connectivity index (χ0) is 27.1. The molecule has 196 valence electrons. The number of aromatic nitrogens is 1. The first-order chi connectivity index (χ1) is 18.2. The maximum Gasteiger partial charge on any atom is 0.328 e. The van der Waals surface area contributed by atoms with Gasteiger partial charge in [-0.1, -0.05) is 47.4 Å². The van der Waals surface area contributed by atoms with Crippen molar-refractivity contribution < 1.29 is 28.7 Å². The molecular formula is C25H22N4O7S2. The van der Waals surface area contributed by atoms with Crippen LogP contribution in [-0.4, -0.2) is 52.7 Å². The number of likely N-dealkylation sites (tertiary alicyclic amines) is 1. The summed E-state index contributed by atoms with van der Waals surface area (Å²) in [5.74, 6) is -2.85. The number of para-hydroxylation sites is 1. The Hall–Kier alpha value is -4.10. The Morgan fingerprint density at radius 1 is 1.00 bits per heavy atom. The van der Waals surface area contributed by atoms with Gasteiger partial charge in [0.1, 0.15) is 11.8 Å². The van der Waals surface area contributed by atoms with Crippen molar-refractivity contribution in [3.63, 3.8) is 0 Å². The van der Waals surface area contributed by atoms with Gasteiger partial charge >= 0.3 is 10.9 Å². The van der Waals surface area contributed by atoms with Gasteiger partial charge < -0.3 is 20.5 Å². The normalized spacial score (nSPS) is 20.1. The number of methoxy groups -OCH3 is 2. The molecule has 2 aromatic carbocycles. The number of ether oxygens (including phenoxy) is 2. The number of hydrogen-bond donors (Lipinski definition) is 2. The van der Waals surface area contributed by atoms with E-state index >= 15 is 0 Å². The van der Waals surface area contributed by atoms with E-state index in [0.717, 1.165) is 23.1 Å². The summed E-state index contributed by atoms with van der Waals surface area (Å²) in [4.78, 5) is 65.0. The number of nitrogens with two attached hydrogens (primary N) is 1. The van der Waals surface area contributed by atoms with Gasteiger partial charge in [-0.05, 0) is 29.8 Å². The van der Waals surface area contributed by atoms with Gasteiger partial charge in [0.2, 0.25) is 11.8 Å². The monoisotopic (exact) mass is 554 g/mol. The second-order valence-electron chi connectivity index (χ2n) is 8.54. The number of benzene rings is 2. The first-order valence-electron chi connectivity index (χ1n) is 11.4. The van der Waals surface area contributed by atoms with Crippen LogP contribution in [0.1, 0.15) is 16.4 Å². The van der Waals surface area contributed by atoms with Gasteiger partial charge in [0.15, 0.2) is 11.5 Å². The highest BCUT2D eigenvalue weighted by atomic mass is 32.2. The van der Waals surface area contributed by atoms with Gasteiger partial charge in [0, 0.05) is 16.5 Å². The lowest BCUT2D eigenvalue weighted by molar-refractivity contribution is -0.135. The van der Waals surface area contributed by atoms with E-state index < -0.39 is 45.7 Å². The lowest BCUT2D eigenvalue weighted by Gasteiger charge is -2.31. The molecule has 5 rings (SSSR count). The summed E-state index contributed by atoms with van der Waals surface area (Å²) in [5.41, 5.74) is 6.51. The van der Waals surface area contributed by atoms with Crippen molar-refractivity contribution in [1.82, 2.24) is 9.47 Å². The fraction of sp³-hybridized carbons (Fsp3) is 0.240. The standard InChI is InChI=1S/C25H22N4O7S2/c1-35-14-9-8-12(10-15(14)36-2)17-18-19(22(32)29(21(18)31)24(26)33)37-23-20(17)38-25(34)28(23)11-16(30)27-13-6-4-3-5-7-13/h3-10,17-19H,11H2,1-2H3,(H2,26,33)(H,27,30). The average molecular weight is 555 g/mol. The Morgan fingerprint density at radius 2 is 1.71 bits per heavy atom.